The molecule has 0 N–H and O–H groups in total. The van der Waals surface area contributed by atoms with Crippen molar-refractivity contribution >= 4 is 23.2 Å². The first-order chi connectivity index (χ1) is 13.7. The van der Waals surface area contributed by atoms with Gasteiger partial charge < -0.3 is 9.80 Å². The van der Waals surface area contributed by atoms with Gasteiger partial charge in [0, 0.05) is 31.7 Å². The van der Waals surface area contributed by atoms with Crippen molar-refractivity contribution in [3.8, 4) is 5.69 Å². The van der Waals surface area contributed by atoms with Crippen molar-refractivity contribution in [2.75, 3.05) is 31.1 Å². The average Bonchev–Trinajstić information content (AvgIpc) is 3.28. The van der Waals surface area contributed by atoms with E-state index in [4.69, 9.17) is 11.6 Å². The SMILES string of the molecule is CCc1ccc(C(=O)N2CCN(c3c(Cl)cccc3-n3cnnc3)CC2)cc1. The van der Waals surface area contributed by atoms with Crippen LogP contribution in [0, 0.1) is 0 Å². The van der Waals surface area contributed by atoms with E-state index in [9.17, 15) is 4.79 Å². The number of para-hydroxylation sites is 1. The molecule has 1 aromatic heterocycles. The first kappa shape index (κ1) is 18.5. The third kappa shape index (κ3) is 3.60. The number of carbonyl (C=O) groups excluding carboxylic acids is 1. The van der Waals surface area contributed by atoms with Gasteiger partial charge in [0.25, 0.3) is 5.91 Å². The first-order valence-electron chi connectivity index (χ1n) is 9.44. The molecule has 7 heteroatoms. The van der Waals surface area contributed by atoms with Crippen LogP contribution in [0.2, 0.25) is 5.02 Å². The lowest BCUT2D eigenvalue weighted by Gasteiger charge is -2.37. The standard InChI is InChI=1S/C21H22ClN5O/c1-2-16-6-8-17(9-7-16)21(28)26-12-10-25(11-13-26)20-18(22)4-3-5-19(20)27-14-23-24-15-27/h3-9,14-15H,2,10-13H2,1H3. The summed E-state index contributed by atoms with van der Waals surface area (Å²) in [5.41, 5.74) is 3.87. The largest absolute Gasteiger partial charge is 0.365 e. The number of aromatic nitrogens is 3. The number of amides is 1. The van der Waals surface area contributed by atoms with Crippen LogP contribution in [0.3, 0.4) is 0 Å². The van der Waals surface area contributed by atoms with Crippen LogP contribution in [0.25, 0.3) is 5.69 Å². The molecular formula is C21H22ClN5O. The number of nitrogens with zero attached hydrogens (tertiary/aromatic N) is 5. The van der Waals surface area contributed by atoms with Crippen molar-refractivity contribution in [3.05, 3.63) is 71.3 Å². The molecule has 0 aliphatic carbocycles. The van der Waals surface area contributed by atoms with Crippen LogP contribution in [-0.2, 0) is 6.42 Å². The fourth-order valence-corrected chi connectivity index (χ4v) is 3.84. The zero-order valence-corrected chi connectivity index (χ0v) is 16.5. The van der Waals surface area contributed by atoms with Crippen LogP contribution in [-0.4, -0.2) is 51.8 Å². The van der Waals surface area contributed by atoms with Crippen molar-refractivity contribution in [3.63, 3.8) is 0 Å². The van der Waals surface area contributed by atoms with Crippen molar-refractivity contribution in [2.24, 2.45) is 0 Å². The molecule has 1 fully saturated rings. The monoisotopic (exact) mass is 395 g/mol. The minimum atomic E-state index is 0.0838. The number of benzene rings is 2. The smallest absolute Gasteiger partial charge is 0.253 e. The summed E-state index contributed by atoms with van der Waals surface area (Å²) in [4.78, 5) is 17.0. The second kappa shape index (κ2) is 8.02. The van der Waals surface area contributed by atoms with Gasteiger partial charge in [0.05, 0.1) is 16.4 Å². The van der Waals surface area contributed by atoms with E-state index in [-0.39, 0.29) is 5.91 Å². The topological polar surface area (TPSA) is 54.3 Å². The fourth-order valence-electron chi connectivity index (χ4n) is 3.55. The Hall–Kier alpha value is -2.86. The molecule has 0 bridgehead atoms. The molecule has 0 saturated carbocycles. The van der Waals surface area contributed by atoms with Gasteiger partial charge >= 0.3 is 0 Å². The van der Waals surface area contributed by atoms with Crippen LogP contribution in [0.15, 0.2) is 55.1 Å². The minimum Gasteiger partial charge on any atom is -0.365 e. The number of hydrogen-bond acceptors (Lipinski definition) is 4. The van der Waals surface area contributed by atoms with E-state index >= 15 is 0 Å². The maximum absolute atomic E-state index is 12.8. The molecule has 2 heterocycles. The molecule has 0 radical (unpaired) electrons. The van der Waals surface area contributed by atoms with Gasteiger partial charge in [-0.15, -0.1) is 10.2 Å². The Morgan fingerprint density at radius 1 is 1.00 bits per heavy atom. The Labute approximate surface area is 169 Å². The molecule has 3 aromatic rings. The Bertz CT molecular complexity index is 947. The highest BCUT2D eigenvalue weighted by molar-refractivity contribution is 6.33. The van der Waals surface area contributed by atoms with Gasteiger partial charge in [0.1, 0.15) is 12.7 Å². The summed E-state index contributed by atoms with van der Waals surface area (Å²) in [5.74, 6) is 0.0838. The molecule has 0 spiro atoms. The van der Waals surface area contributed by atoms with Gasteiger partial charge in [-0.1, -0.05) is 36.7 Å². The zero-order chi connectivity index (χ0) is 19.5. The van der Waals surface area contributed by atoms with E-state index in [1.165, 1.54) is 5.56 Å². The Morgan fingerprint density at radius 3 is 2.32 bits per heavy atom. The Morgan fingerprint density at radius 2 is 1.68 bits per heavy atom. The van der Waals surface area contributed by atoms with Gasteiger partial charge in [-0.3, -0.25) is 9.36 Å². The second-order valence-corrected chi connectivity index (χ2v) is 7.21. The molecule has 144 valence electrons. The fraction of sp³-hybridized carbons (Fsp3) is 0.286. The quantitative estimate of drug-likeness (QED) is 0.679. The molecule has 28 heavy (non-hydrogen) atoms. The molecule has 6 nitrogen and oxygen atoms in total. The van der Waals surface area contributed by atoms with E-state index in [0.29, 0.717) is 18.1 Å². The lowest BCUT2D eigenvalue weighted by molar-refractivity contribution is 0.0747. The number of anilines is 1. The molecule has 2 aromatic carbocycles. The number of hydrogen-bond donors (Lipinski definition) is 0. The third-order valence-corrected chi connectivity index (χ3v) is 5.46. The number of halogens is 1. The highest BCUT2D eigenvalue weighted by Crippen LogP contribution is 2.33. The van der Waals surface area contributed by atoms with Gasteiger partial charge in [-0.05, 0) is 36.2 Å². The Balaban J connectivity index is 1.49. The van der Waals surface area contributed by atoms with Crippen LogP contribution in [0.4, 0.5) is 5.69 Å². The lowest BCUT2D eigenvalue weighted by atomic mass is 10.1. The summed E-state index contributed by atoms with van der Waals surface area (Å²) in [6, 6.07) is 13.7. The van der Waals surface area contributed by atoms with Crippen molar-refractivity contribution in [1.29, 1.82) is 0 Å². The maximum Gasteiger partial charge on any atom is 0.253 e. The summed E-state index contributed by atoms with van der Waals surface area (Å²) in [7, 11) is 0. The molecule has 1 amide bonds. The third-order valence-electron chi connectivity index (χ3n) is 5.15. The van der Waals surface area contributed by atoms with E-state index in [2.05, 4.69) is 22.0 Å². The highest BCUT2D eigenvalue weighted by Gasteiger charge is 2.25. The van der Waals surface area contributed by atoms with Crippen molar-refractivity contribution < 1.29 is 4.79 Å². The van der Waals surface area contributed by atoms with E-state index < -0.39 is 0 Å². The summed E-state index contributed by atoms with van der Waals surface area (Å²) >= 11 is 6.53. The summed E-state index contributed by atoms with van der Waals surface area (Å²) in [5, 5.41) is 8.47. The predicted molar refractivity (Wildman–Crippen MR) is 110 cm³/mol. The van der Waals surface area contributed by atoms with Gasteiger partial charge in [-0.2, -0.15) is 0 Å². The average molecular weight is 396 g/mol. The maximum atomic E-state index is 12.8. The summed E-state index contributed by atoms with van der Waals surface area (Å²) in [6.45, 7) is 4.86. The van der Waals surface area contributed by atoms with Gasteiger partial charge in [0.2, 0.25) is 0 Å². The number of carbonyl (C=O) groups is 1. The van der Waals surface area contributed by atoms with E-state index in [1.807, 2.05) is 51.9 Å². The molecule has 1 saturated heterocycles. The highest BCUT2D eigenvalue weighted by atomic mass is 35.5. The lowest BCUT2D eigenvalue weighted by Crippen LogP contribution is -2.49. The van der Waals surface area contributed by atoms with E-state index in [1.54, 1.807) is 12.7 Å². The summed E-state index contributed by atoms with van der Waals surface area (Å²) < 4.78 is 1.86. The van der Waals surface area contributed by atoms with Crippen LogP contribution >= 0.6 is 11.6 Å². The second-order valence-electron chi connectivity index (χ2n) is 6.81. The van der Waals surface area contributed by atoms with Gasteiger partial charge in [0.15, 0.2) is 0 Å². The van der Waals surface area contributed by atoms with Crippen LogP contribution in [0.5, 0.6) is 0 Å². The number of aryl methyl sites for hydroxylation is 1. The molecule has 1 aliphatic heterocycles. The predicted octanol–water partition coefficient (Wildman–Crippen LogP) is 3.45. The van der Waals surface area contributed by atoms with E-state index in [0.717, 1.165) is 36.4 Å². The molecule has 0 unspecified atom stereocenters. The molecule has 4 rings (SSSR count). The molecule has 1 aliphatic rings. The van der Waals surface area contributed by atoms with Gasteiger partial charge in [-0.25, -0.2) is 0 Å². The van der Waals surface area contributed by atoms with Crippen molar-refractivity contribution in [2.45, 2.75) is 13.3 Å². The first-order valence-corrected chi connectivity index (χ1v) is 9.82. The molecule has 0 atom stereocenters. The van der Waals surface area contributed by atoms with Crippen LogP contribution < -0.4 is 4.90 Å². The number of piperazine rings is 1. The number of rotatable bonds is 4. The zero-order valence-electron chi connectivity index (χ0n) is 15.8. The summed E-state index contributed by atoms with van der Waals surface area (Å²) in [6.07, 6.45) is 4.30. The normalized spacial score (nSPS) is 14.4. The van der Waals surface area contributed by atoms with Crippen molar-refractivity contribution in [1.82, 2.24) is 19.7 Å². The molecular weight excluding hydrogens is 374 g/mol. The van der Waals surface area contributed by atoms with Crippen LogP contribution in [0.1, 0.15) is 22.8 Å². The Kier molecular flexibility index (Phi) is 5.30. The minimum absolute atomic E-state index is 0.0838.